The standard InChI is InChI=1S/C16H16N2S/c1-12(16-7-4-8-19-16)18-11-14-10-17-9-13-5-2-3-6-15(13)14/h2-10,12,18H,11H2,1H3/t12-/m0/s1. The molecule has 3 rings (SSSR count). The van der Waals surface area contributed by atoms with Gasteiger partial charge in [-0.2, -0.15) is 0 Å². The first-order valence-electron chi connectivity index (χ1n) is 6.43. The lowest BCUT2D eigenvalue weighted by molar-refractivity contribution is 0.584. The van der Waals surface area contributed by atoms with Crippen LogP contribution in [0.4, 0.5) is 0 Å². The monoisotopic (exact) mass is 268 g/mol. The maximum atomic E-state index is 4.32. The Morgan fingerprint density at radius 3 is 2.89 bits per heavy atom. The number of nitrogens with one attached hydrogen (secondary N) is 1. The van der Waals surface area contributed by atoms with Gasteiger partial charge in [-0.15, -0.1) is 11.3 Å². The third-order valence-corrected chi connectivity index (χ3v) is 4.37. The summed E-state index contributed by atoms with van der Waals surface area (Å²) in [7, 11) is 0. The molecule has 2 heterocycles. The van der Waals surface area contributed by atoms with Crippen molar-refractivity contribution in [2.45, 2.75) is 19.5 Å². The Balaban J connectivity index is 1.79. The van der Waals surface area contributed by atoms with Gasteiger partial charge in [-0.25, -0.2) is 0 Å². The first kappa shape index (κ1) is 12.3. The van der Waals surface area contributed by atoms with Crippen LogP contribution in [0.5, 0.6) is 0 Å². The van der Waals surface area contributed by atoms with Crippen molar-refractivity contribution in [1.82, 2.24) is 10.3 Å². The highest BCUT2D eigenvalue weighted by molar-refractivity contribution is 7.10. The molecule has 0 bridgehead atoms. The number of benzene rings is 1. The van der Waals surface area contributed by atoms with Gasteiger partial charge < -0.3 is 5.32 Å². The van der Waals surface area contributed by atoms with E-state index in [1.807, 2.05) is 12.4 Å². The normalized spacial score (nSPS) is 12.7. The van der Waals surface area contributed by atoms with Gasteiger partial charge in [0.1, 0.15) is 0 Å². The van der Waals surface area contributed by atoms with Crippen molar-refractivity contribution in [2.24, 2.45) is 0 Å². The largest absolute Gasteiger partial charge is 0.305 e. The Hall–Kier alpha value is -1.71. The molecule has 0 saturated carbocycles. The van der Waals surface area contributed by atoms with Crippen LogP contribution in [0.3, 0.4) is 0 Å². The Morgan fingerprint density at radius 1 is 1.16 bits per heavy atom. The predicted octanol–water partition coefficient (Wildman–Crippen LogP) is 4.15. The molecule has 19 heavy (non-hydrogen) atoms. The summed E-state index contributed by atoms with van der Waals surface area (Å²) < 4.78 is 0. The fraction of sp³-hybridized carbons (Fsp3) is 0.188. The van der Waals surface area contributed by atoms with E-state index in [1.165, 1.54) is 21.2 Å². The van der Waals surface area contributed by atoms with Crippen LogP contribution in [0.2, 0.25) is 0 Å². The van der Waals surface area contributed by atoms with Crippen molar-refractivity contribution >= 4 is 22.1 Å². The van der Waals surface area contributed by atoms with E-state index in [0.29, 0.717) is 6.04 Å². The van der Waals surface area contributed by atoms with E-state index in [-0.39, 0.29) is 0 Å². The zero-order chi connectivity index (χ0) is 13.1. The Bertz CT molecular complexity index is 656. The number of hydrogen-bond donors (Lipinski definition) is 1. The smallest absolute Gasteiger partial charge is 0.0388 e. The van der Waals surface area contributed by atoms with Gasteiger partial charge in [-0.1, -0.05) is 30.3 Å². The number of fused-ring (bicyclic) bond motifs is 1. The van der Waals surface area contributed by atoms with E-state index in [0.717, 1.165) is 6.54 Å². The number of nitrogens with zero attached hydrogens (tertiary/aromatic N) is 1. The minimum Gasteiger partial charge on any atom is -0.305 e. The molecule has 3 heteroatoms. The average Bonchev–Trinajstić information content (AvgIpc) is 2.99. The molecule has 1 atom stereocenters. The second kappa shape index (κ2) is 5.51. The molecule has 0 aliphatic carbocycles. The molecule has 0 unspecified atom stereocenters. The van der Waals surface area contributed by atoms with Crippen LogP contribution in [-0.4, -0.2) is 4.98 Å². The second-order valence-corrected chi connectivity index (χ2v) is 5.62. The molecule has 2 nitrogen and oxygen atoms in total. The van der Waals surface area contributed by atoms with Crippen LogP contribution in [0.15, 0.2) is 54.2 Å². The molecule has 0 saturated heterocycles. The highest BCUT2D eigenvalue weighted by Gasteiger charge is 2.07. The van der Waals surface area contributed by atoms with Gasteiger partial charge in [0, 0.05) is 35.2 Å². The van der Waals surface area contributed by atoms with E-state index >= 15 is 0 Å². The Kier molecular flexibility index (Phi) is 3.58. The highest BCUT2D eigenvalue weighted by atomic mass is 32.1. The number of hydrogen-bond acceptors (Lipinski definition) is 3. The van der Waals surface area contributed by atoms with E-state index in [9.17, 15) is 0 Å². The molecule has 0 amide bonds. The summed E-state index contributed by atoms with van der Waals surface area (Å²) in [6, 6.07) is 13.0. The molecule has 0 fully saturated rings. The minimum absolute atomic E-state index is 0.374. The SMILES string of the molecule is C[C@H](NCc1cncc2ccccc12)c1cccs1. The predicted molar refractivity (Wildman–Crippen MR) is 81.3 cm³/mol. The van der Waals surface area contributed by atoms with Crippen molar-refractivity contribution < 1.29 is 0 Å². The van der Waals surface area contributed by atoms with Gasteiger partial charge in [-0.3, -0.25) is 4.98 Å². The first-order valence-corrected chi connectivity index (χ1v) is 7.31. The minimum atomic E-state index is 0.374. The molecule has 0 spiro atoms. The fourth-order valence-corrected chi connectivity index (χ4v) is 2.98. The van der Waals surface area contributed by atoms with Crippen molar-refractivity contribution in [1.29, 1.82) is 0 Å². The summed E-state index contributed by atoms with van der Waals surface area (Å²) in [4.78, 5) is 5.68. The van der Waals surface area contributed by atoms with Gasteiger partial charge in [0.25, 0.3) is 0 Å². The van der Waals surface area contributed by atoms with Gasteiger partial charge >= 0.3 is 0 Å². The zero-order valence-corrected chi connectivity index (χ0v) is 11.7. The van der Waals surface area contributed by atoms with Crippen molar-refractivity contribution in [2.75, 3.05) is 0 Å². The summed E-state index contributed by atoms with van der Waals surface area (Å²) in [6.07, 6.45) is 3.87. The lowest BCUT2D eigenvalue weighted by atomic mass is 10.1. The van der Waals surface area contributed by atoms with Gasteiger partial charge in [-0.05, 0) is 29.3 Å². The maximum Gasteiger partial charge on any atom is 0.0388 e. The van der Waals surface area contributed by atoms with Crippen LogP contribution in [0, 0.1) is 0 Å². The molecule has 2 aromatic heterocycles. The number of rotatable bonds is 4. The number of pyridine rings is 1. The number of thiophene rings is 1. The highest BCUT2D eigenvalue weighted by Crippen LogP contribution is 2.21. The Labute approximate surface area is 117 Å². The lowest BCUT2D eigenvalue weighted by Gasteiger charge is -2.13. The topological polar surface area (TPSA) is 24.9 Å². The van der Waals surface area contributed by atoms with Crippen molar-refractivity contribution in [3.8, 4) is 0 Å². The zero-order valence-electron chi connectivity index (χ0n) is 10.8. The van der Waals surface area contributed by atoms with E-state index in [4.69, 9.17) is 0 Å². The van der Waals surface area contributed by atoms with Crippen LogP contribution < -0.4 is 5.32 Å². The van der Waals surface area contributed by atoms with Gasteiger partial charge in [0.2, 0.25) is 0 Å². The lowest BCUT2D eigenvalue weighted by Crippen LogP contribution is -2.17. The van der Waals surface area contributed by atoms with Crippen molar-refractivity contribution in [3.05, 3.63) is 64.6 Å². The van der Waals surface area contributed by atoms with E-state index in [2.05, 4.69) is 59.0 Å². The van der Waals surface area contributed by atoms with Gasteiger partial charge in [0.05, 0.1) is 0 Å². The molecule has 0 radical (unpaired) electrons. The fourth-order valence-electron chi connectivity index (χ4n) is 2.22. The quantitative estimate of drug-likeness (QED) is 0.769. The molecule has 1 N–H and O–H groups in total. The van der Waals surface area contributed by atoms with Crippen LogP contribution in [-0.2, 0) is 6.54 Å². The van der Waals surface area contributed by atoms with Gasteiger partial charge in [0.15, 0.2) is 0 Å². The molecular weight excluding hydrogens is 252 g/mol. The van der Waals surface area contributed by atoms with E-state index < -0.39 is 0 Å². The average molecular weight is 268 g/mol. The summed E-state index contributed by atoms with van der Waals surface area (Å²) in [5, 5.41) is 8.16. The van der Waals surface area contributed by atoms with Crippen LogP contribution in [0.25, 0.3) is 10.8 Å². The third-order valence-electron chi connectivity index (χ3n) is 3.32. The summed E-state index contributed by atoms with van der Waals surface area (Å²) in [6.45, 7) is 3.04. The molecule has 3 aromatic rings. The Morgan fingerprint density at radius 2 is 2.05 bits per heavy atom. The summed E-state index contributed by atoms with van der Waals surface area (Å²) in [5.74, 6) is 0. The molecule has 0 aliphatic rings. The summed E-state index contributed by atoms with van der Waals surface area (Å²) >= 11 is 1.79. The third kappa shape index (κ3) is 2.67. The first-order chi connectivity index (χ1) is 9.34. The molecular formula is C16H16N2S. The van der Waals surface area contributed by atoms with Crippen LogP contribution in [0.1, 0.15) is 23.4 Å². The maximum absolute atomic E-state index is 4.32. The second-order valence-electron chi connectivity index (χ2n) is 4.64. The molecule has 1 aromatic carbocycles. The molecule has 0 aliphatic heterocycles. The summed E-state index contributed by atoms with van der Waals surface area (Å²) in [5.41, 5.74) is 1.25. The van der Waals surface area contributed by atoms with Crippen molar-refractivity contribution in [3.63, 3.8) is 0 Å². The van der Waals surface area contributed by atoms with Crippen LogP contribution >= 0.6 is 11.3 Å². The number of aromatic nitrogens is 1. The van der Waals surface area contributed by atoms with E-state index in [1.54, 1.807) is 11.3 Å². The molecule has 96 valence electrons.